The SMILES string of the molecule is c1ccc(Nc2nccc(-c3cc4ccccc4s3)n2)cc1. The first-order valence-corrected chi connectivity index (χ1v) is 7.84. The Bertz CT molecular complexity index is 883. The van der Waals surface area contributed by atoms with Crippen molar-refractivity contribution in [1.29, 1.82) is 0 Å². The molecule has 0 bridgehead atoms. The molecule has 0 atom stereocenters. The number of nitrogens with zero attached hydrogens (tertiary/aromatic N) is 2. The van der Waals surface area contributed by atoms with Gasteiger partial charge in [-0.3, -0.25) is 0 Å². The van der Waals surface area contributed by atoms with Crippen LogP contribution in [-0.4, -0.2) is 9.97 Å². The lowest BCUT2D eigenvalue weighted by Crippen LogP contribution is -1.96. The molecule has 0 spiro atoms. The molecule has 0 saturated heterocycles. The van der Waals surface area contributed by atoms with E-state index in [0.717, 1.165) is 16.3 Å². The summed E-state index contributed by atoms with van der Waals surface area (Å²) in [4.78, 5) is 10.1. The molecule has 106 valence electrons. The van der Waals surface area contributed by atoms with Gasteiger partial charge in [0.25, 0.3) is 0 Å². The quantitative estimate of drug-likeness (QED) is 0.572. The predicted octanol–water partition coefficient (Wildman–Crippen LogP) is 5.10. The Morgan fingerprint density at radius 2 is 1.68 bits per heavy atom. The van der Waals surface area contributed by atoms with Gasteiger partial charge in [0.1, 0.15) is 0 Å². The number of hydrogen-bond acceptors (Lipinski definition) is 4. The van der Waals surface area contributed by atoms with Crippen molar-refractivity contribution in [1.82, 2.24) is 9.97 Å². The maximum atomic E-state index is 4.62. The van der Waals surface area contributed by atoms with E-state index in [0.29, 0.717) is 5.95 Å². The Kier molecular flexibility index (Phi) is 3.29. The van der Waals surface area contributed by atoms with Gasteiger partial charge in [-0.1, -0.05) is 36.4 Å². The van der Waals surface area contributed by atoms with Crippen molar-refractivity contribution in [3.05, 3.63) is 72.9 Å². The van der Waals surface area contributed by atoms with E-state index in [1.807, 2.05) is 36.4 Å². The molecule has 2 aromatic carbocycles. The van der Waals surface area contributed by atoms with Crippen molar-refractivity contribution in [3.63, 3.8) is 0 Å². The molecule has 3 nitrogen and oxygen atoms in total. The summed E-state index contributed by atoms with van der Waals surface area (Å²) < 4.78 is 1.27. The average Bonchev–Trinajstić information content (AvgIpc) is 3.00. The van der Waals surface area contributed by atoms with Gasteiger partial charge in [-0.25, -0.2) is 9.97 Å². The number of aromatic nitrogens is 2. The minimum absolute atomic E-state index is 0.612. The minimum atomic E-state index is 0.612. The third-order valence-electron chi connectivity index (χ3n) is 3.36. The van der Waals surface area contributed by atoms with Crippen LogP contribution in [0.3, 0.4) is 0 Å². The van der Waals surface area contributed by atoms with Gasteiger partial charge in [-0.15, -0.1) is 11.3 Å². The highest BCUT2D eigenvalue weighted by molar-refractivity contribution is 7.22. The lowest BCUT2D eigenvalue weighted by molar-refractivity contribution is 1.17. The Hall–Kier alpha value is -2.72. The monoisotopic (exact) mass is 303 g/mol. The molecule has 0 aliphatic rings. The van der Waals surface area contributed by atoms with Gasteiger partial charge in [-0.2, -0.15) is 0 Å². The fourth-order valence-electron chi connectivity index (χ4n) is 2.31. The second-order valence-electron chi connectivity index (χ2n) is 4.90. The maximum Gasteiger partial charge on any atom is 0.227 e. The van der Waals surface area contributed by atoms with Crippen LogP contribution in [-0.2, 0) is 0 Å². The van der Waals surface area contributed by atoms with Gasteiger partial charge in [-0.05, 0) is 35.7 Å². The minimum Gasteiger partial charge on any atom is -0.324 e. The molecule has 2 heterocycles. The van der Waals surface area contributed by atoms with Crippen molar-refractivity contribution in [2.75, 3.05) is 5.32 Å². The van der Waals surface area contributed by atoms with E-state index in [1.54, 1.807) is 17.5 Å². The first-order chi connectivity index (χ1) is 10.9. The van der Waals surface area contributed by atoms with Gasteiger partial charge in [0.2, 0.25) is 5.95 Å². The number of anilines is 2. The largest absolute Gasteiger partial charge is 0.324 e. The van der Waals surface area contributed by atoms with Gasteiger partial charge < -0.3 is 5.32 Å². The van der Waals surface area contributed by atoms with Crippen molar-refractivity contribution in [2.45, 2.75) is 0 Å². The van der Waals surface area contributed by atoms with Crippen LogP contribution in [0.4, 0.5) is 11.6 Å². The molecule has 2 aromatic heterocycles. The van der Waals surface area contributed by atoms with E-state index in [2.05, 4.69) is 45.6 Å². The summed E-state index contributed by atoms with van der Waals surface area (Å²) >= 11 is 1.75. The van der Waals surface area contributed by atoms with E-state index in [4.69, 9.17) is 0 Å². The molecule has 22 heavy (non-hydrogen) atoms. The highest BCUT2D eigenvalue weighted by Gasteiger charge is 2.06. The van der Waals surface area contributed by atoms with Crippen LogP contribution < -0.4 is 5.32 Å². The fraction of sp³-hybridized carbons (Fsp3) is 0. The number of benzene rings is 2. The Balaban J connectivity index is 1.69. The van der Waals surface area contributed by atoms with E-state index in [9.17, 15) is 0 Å². The number of fused-ring (bicyclic) bond motifs is 1. The molecular formula is C18H13N3S. The standard InChI is InChI=1S/C18H13N3S/c1-2-7-14(8-3-1)20-18-19-11-10-15(21-18)17-12-13-6-4-5-9-16(13)22-17/h1-12H,(H,19,20,21). The highest BCUT2D eigenvalue weighted by atomic mass is 32.1. The summed E-state index contributed by atoms with van der Waals surface area (Å²) in [6.07, 6.45) is 1.79. The lowest BCUT2D eigenvalue weighted by atomic mass is 10.2. The lowest BCUT2D eigenvalue weighted by Gasteiger charge is -2.05. The van der Waals surface area contributed by atoms with E-state index >= 15 is 0 Å². The molecule has 1 N–H and O–H groups in total. The van der Waals surface area contributed by atoms with Crippen LogP contribution in [0.25, 0.3) is 20.7 Å². The second-order valence-corrected chi connectivity index (χ2v) is 5.99. The van der Waals surface area contributed by atoms with Crippen LogP contribution >= 0.6 is 11.3 Å². The predicted molar refractivity (Wildman–Crippen MR) is 92.6 cm³/mol. The first kappa shape index (κ1) is 13.0. The van der Waals surface area contributed by atoms with Crippen LogP contribution in [0.15, 0.2) is 72.9 Å². The van der Waals surface area contributed by atoms with Crippen LogP contribution in [0.1, 0.15) is 0 Å². The fourth-order valence-corrected chi connectivity index (χ4v) is 3.35. The van der Waals surface area contributed by atoms with Gasteiger partial charge >= 0.3 is 0 Å². The summed E-state index contributed by atoms with van der Waals surface area (Å²) in [5, 5.41) is 4.48. The normalized spacial score (nSPS) is 10.7. The molecule has 0 fully saturated rings. The second kappa shape index (κ2) is 5.58. The summed E-state index contributed by atoms with van der Waals surface area (Å²) in [6, 6.07) is 22.4. The number of nitrogens with one attached hydrogen (secondary N) is 1. The summed E-state index contributed by atoms with van der Waals surface area (Å²) in [6.45, 7) is 0. The van der Waals surface area contributed by atoms with Crippen molar-refractivity contribution >= 4 is 33.1 Å². The smallest absolute Gasteiger partial charge is 0.227 e. The number of para-hydroxylation sites is 1. The van der Waals surface area contributed by atoms with Crippen molar-refractivity contribution in [2.24, 2.45) is 0 Å². The third-order valence-corrected chi connectivity index (χ3v) is 4.50. The molecule has 0 radical (unpaired) electrons. The Morgan fingerprint density at radius 3 is 2.55 bits per heavy atom. The number of hydrogen-bond donors (Lipinski definition) is 1. The van der Waals surface area contributed by atoms with E-state index < -0.39 is 0 Å². The molecule has 4 aromatic rings. The number of rotatable bonds is 3. The Labute approximate surface area is 132 Å². The zero-order valence-electron chi connectivity index (χ0n) is 11.7. The number of thiophene rings is 1. The first-order valence-electron chi connectivity index (χ1n) is 7.02. The highest BCUT2D eigenvalue weighted by Crippen LogP contribution is 2.32. The molecule has 0 amide bonds. The molecule has 0 saturated carbocycles. The molecule has 0 unspecified atom stereocenters. The van der Waals surface area contributed by atoms with Crippen LogP contribution in [0.2, 0.25) is 0 Å². The third kappa shape index (κ3) is 2.56. The van der Waals surface area contributed by atoms with E-state index in [1.165, 1.54) is 10.1 Å². The molecule has 4 rings (SSSR count). The summed E-state index contributed by atoms with van der Waals surface area (Å²) in [7, 11) is 0. The van der Waals surface area contributed by atoms with Gasteiger partial charge in [0.15, 0.2) is 0 Å². The van der Waals surface area contributed by atoms with Gasteiger partial charge in [0.05, 0.1) is 10.6 Å². The average molecular weight is 303 g/mol. The van der Waals surface area contributed by atoms with Gasteiger partial charge in [0, 0.05) is 16.6 Å². The zero-order valence-corrected chi connectivity index (χ0v) is 12.5. The topological polar surface area (TPSA) is 37.8 Å². The maximum absolute atomic E-state index is 4.62. The molecule has 4 heteroatoms. The molecular weight excluding hydrogens is 290 g/mol. The zero-order chi connectivity index (χ0) is 14.8. The molecule has 0 aliphatic heterocycles. The summed E-state index contributed by atoms with van der Waals surface area (Å²) in [5.41, 5.74) is 1.92. The van der Waals surface area contributed by atoms with Crippen LogP contribution in [0.5, 0.6) is 0 Å². The van der Waals surface area contributed by atoms with Crippen molar-refractivity contribution in [3.8, 4) is 10.6 Å². The Morgan fingerprint density at radius 1 is 0.864 bits per heavy atom. The molecule has 0 aliphatic carbocycles. The van der Waals surface area contributed by atoms with E-state index in [-0.39, 0.29) is 0 Å². The van der Waals surface area contributed by atoms with Crippen LogP contribution in [0, 0.1) is 0 Å². The van der Waals surface area contributed by atoms with Crippen molar-refractivity contribution < 1.29 is 0 Å². The summed E-state index contributed by atoms with van der Waals surface area (Å²) in [5.74, 6) is 0.612.